The summed E-state index contributed by atoms with van der Waals surface area (Å²) in [6, 6.07) is 0.452. The molecule has 98 valence electrons. The molecule has 0 bridgehead atoms. The Hall–Kier alpha value is -1.04. The predicted molar refractivity (Wildman–Crippen MR) is 73.1 cm³/mol. The smallest absolute Gasteiger partial charge is 0.316 e. The Morgan fingerprint density at radius 2 is 1.82 bits per heavy atom. The van der Waals surface area contributed by atoms with Crippen molar-refractivity contribution in [2.75, 3.05) is 27.2 Å². The largest absolute Gasteiger partial charge is 0.361 e. The van der Waals surface area contributed by atoms with Gasteiger partial charge in [0.1, 0.15) is 0 Å². The number of thiocarbonyl (C=S) groups is 1. The Labute approximate surface area is 108 Å². The van der Waals surface area contributed by atoms with Gasteiger partial charge in [0.25, 0.3) is 0 Å². The molecular weight excluding hydrogens is 236 g/mol. The molecule has 0 aromatic rings. The second kappa shape index (κ2) is 7.32. The fraction of sp³-hybridized carbons (Fsp3) is 0.818. The van der Waals surface area contributed by atoms with Gasteiger partial charge in [-0.05, 0) is 25.1 Å². The zero-order chi connectivity index (χ0) is 12.7. The lowest BCUT2D eigenvalue weighted by atomic mass is 10.3. The minimum atomic E-state index is -0.0820. The normalized spacial score (nSPS) is 15.4. The summed E-state index contributed by atoms with van der Waals surface area (Å²) in [6.45, 7) is 1.22. The second-order valence-electron chi connectivity index (χ2n) is 4.51. The SMILES string of the molecule is CN(C)C(=O)NCCNC(=S)NC1CCCC1. The van der Waals surface area contributed by atoms with Crippen molar-refractivity contribution in [2.45, 2.75) is 31.7 Å². The van der Waals surface area contributed by atoms with Crippen LogP contribution in [0.25, 0.3) is 0 Å². The van der Waals surface area contributed by atoms with E-state index in [-0.39, 0.29) is 6.03 Å². The van der Waals surface area contributed by atoms with Gasteiger partial charge in [0.15, 0.2) is 5.11 Å². The molecule has 17 heavy (non-hydrogen) atoms. The van der Waals surface area contributed by atoms with Crippen molar-refractivity contribution < 1.29 is 4.79 Å². The lowest BCUT2D eigenvalue weighted by molar-refractivity contribution is 0.217. The number of nitrogens with one attached hydrogen (secondary N) is 3. The number of nitrogens with zero attached hydrogens (tertiary/aromatic N) is 1. The van der Waals surface area contributed by atoms with Crippen LogP contribution < -0.4 is 16.0 Å². The molecule has 1 aliphatic rings. The van der Waals surface area contributed by atoms with Gasteiger partial charge in [-0.15, -0.1) is 0 Å². The van der Waals surface area contributed by atoms with Crippen LogP contribution in [0.4, 0.5) is 4.79 Å². The molecule has 1 fully saturated rings. The highest BCUT2D eigenvalue weighted by atomic mass is 32.1. The van der Waals surface area contributed by atoms with Gasteiger partial charge < -0.3 is 20.9 Å². The molecule has 0 aliphatic heterocycles. The van der Waals surface area contributed by atoms with E-state index in [0.717, 1.165) is 0 Å². The van der Waals surface area contributed by atoms with E-state index in [1.807, 2.05) is 0 Å². The van der Waals surface area contributed by atoms with E-state index in [0.29, 0.717) is 24.2 Å². The number of amides is 2. The van der Waals surface area contributed by atoms with Crippen LogP contribution >= 0.6 is 12.2 Å². The molecule has 1 aliphatic carbocycles. The van der Waals surface area contributed by atoms with Gasteiger partial charge in [0, 0.05) is 33.2 Å². The Morgan fingerprint density at radius 3 is 2.41 bits per heavy atom. The first-order valence-electron chi connectivity index (χ1n) is 6.09. The van der Waals surface area contributed by atoms with E-state index < -0.39 is 0 Å². The van der Waals surface area contributed by atoms with Crippen LogP contribution in [0, 0.1) is 0 Å². The number of carbonyl (C=O) groups is 1. The van der Waals surface area contributed by atoms with Crippen LogP contribution in [0.2, 0.25) is 0 Å². The second-order valence-corrected chi connectivity index (χ2v) is 4.92. The van der Waals surface area contributed by atoms with Crippen LogP contribution in [-0.4, -0.2) is 49.3 Å². The van der Waals surface area contributed by atoms with Crippen molar-refractivity contribution in [2.24, 2.45) is 0 Å². The number of hydrogen-bond acceptors (Lipinski definition) is 2. The lowest BCUT2D eigenvalue weighted by Gasteiger charge is -2.16. The van der Waals surface area contributed by atoms with Crippen molar-refractivity contribution in [3.05, 3.63) is 0 Å². The molecule has 0 spiro atoms. The third kappa shape index (κ3) is 5.72. The molecule has 1 saturated carbocycles. The molecule has 0 saturated heterocycles. The molecule has 1 rings (SSSR count). The maximum absolute atomic E-state index is 11.2. The van der Waals surface area contributed by atoms with E-state index >= 15 is 0 Å². The summed E-state index contributed by atoms with van der Waals surface area (Å²) < 4.78 is 0. The van der Waals surface area contributed by atoms with E-state index in [1.165, 1.54) is 30.6 Å². The highest BCUT2D eigenvalue weighted by Gasteiger charge is 2.14. The van der Waals surface area contributed by atoms with Gasteiger partial charge in [-0.1, -0.05) is 12.8 Å². The van der Waals surface area contributed by atoms with Crippen molar-refractivity contribution in [1.29, 1.82) is 0 Å². The molecule has 2 amide bonds. The summed E-state index contributed by atoms with van der Waals surface area (Å²) >= 11 is 5.18. The van der Waals surface area contributed by atoms with Crippen LogP contribution in [-0.2, 0) is 0 Å². The summed E-state index contributed by atoms with van der Waals surface area (Å²) in [6.07, 6.45) is 5.00. The highest BCUT2D eigenvalue weighted by Crippen LogP contribution is 2.17. The minimum absolute atomic E-state index is 0.0820. The van der Waals surface area contributed by atoms with Crippen LogP contribution in [0.3, 0.4) is 0 Å². The number of hydrogen-bond donors (Lipinski definition) is 3. The van der Waals surface area contributed by atoms with Crippen molar-refractivity contribution in [3.8, 4) is 0 Å². The first kappa shape index (κ1) is 14.0. The van der Waals surface area contributed by atoms with E-state index in [2.05, 4.69) is 16.0 Å². The highest BCUT2D eigenvalue weighted by molar-refractivity contribution is 7.80. The Bertz CT molecular complexity index is 264. The van der Waals surface area contributed by atoms with Gasteiger partial charge in [-0.3, -0.25) is 0 Å². The Morgan fingerprint density at radius 1 is 1.24 bits per heavy atom. The molecule has 0 unspecified atom stereocenters. The van der Waals surface area contributed by atoms with Crippen molar-refractivity contribution in [3.63, 3.8) is 0 Å². The first-order chi connectivity index (χ1) is 8.09. The monoisotopic (exact) mass is 258 g/mol. The van der Waals surface area contributed by atoms with Crippen LogP contribution in [0.1, 0.15) is 25.7 Å². The molecule has 0 aromatic carbocycles. The fourth-order valence-corrected chi connectivity index (χ4v) is 2.08. The topological polar surface area (TPSA) is 56.4 Å². The summed E-state index contributed by atoms with van der Waals surface area (Å²) in [5.41, 5.74) is 0. The molecule has 6 heteroatoms. The zero-order valence-electron chi connectivity index (χ0n) is 10.6. The average Bonchev–Trinajstić information content (AvgIpc) is 2.76. The van der Waals surface area contributed by atoms with Crippen LogP contribution in [0.15, 0.2) is 0 Å². The van der Waals surface area contributed by atoms with E-state index in [9.17, 15) is 4.79 Å². The van der Waals surface area contributed by atoms with Gasteiger partial charge in [0.05, 0.1) is 0 Å². The standard InChI is InChI=1S/C11H22N4OS/c1-15(2)11(16)13-8-7-12-10(17)14-9-5-3-4-6-9/h9H,3-8H2,1-2H3,(H,13,16)(H2,12,14,17). The van der Waals surface area contributed by atoms with Gasteiger partial charge >= 0.3 is 6.03 Å². The van der Waals surface area contributed by atoms with Crippen LogP contribution in [0.5, 0.6) is 0 Å². The lowest BCUT2D eigenvalue weighted by Crippen LogP contribution is -2.44. The van der Waals surface area contributed by atoms with Crippen molar-refractivity contribution in [1.82, 2.24) is 20.9 Å². The zero-order valence-corrected chi connectivity index (χ0v) is 11.4. The molecule has 3 N–H and O–H groups in total. The Balaban J connectivity index is 2.02. The number of rotatable bonds is 4. The summed E-state index contributed by atoms with van der Waals surface area (Å²) in [5.74, 6) is 0. The quantitative estimate of drug-likeness (QED) is 0.512. The third-order valence-electron chi connectivity index (χ3n) is 2.78. The molecule has 0 radical (unpaired) electrons. The van der Waals surface area contributed by atoms with E-state index in [4.69, 9.17) is 12.2 Å². The molecule has 0 atom stereocenters. The fourth-order valence-electron chi connectivity index (χ4n) is 1.81. The molecule has 5 nitrogen and oxygen atoms in total. The minimum Gasteiger partial charge on any atom is -0.361 e. The summed E-state index contributed by atoms with van der Waals surface area (Å²) in [4.78, 5) is 12.7. The van der Waals surface area contributed by atoms with Gasteiger partial charge in [-0.2, -0.15) is 0 Å². The number of carbonyl (C=O) groups excluding carboxylic acids is 1. The maximum Gasteiger partial charge on any atom is 0.316 e. The molecule has 0 aromatic heterocycles. The molecule has 0 heterocycles. The molecular formula is C11H22N4OS. The predicted octanol–water partition coefficient (Wildman–Crippen LogP) is 0.664. The van der Waals surface area contributed by atoms with Gasteiger partial charge in [0.2, 0.25) is 0 Å². The maximum atomic E-state index is 11.2. The average molecular weight is 258 g/mol. The number of urea groups is 1. The summed E-state index contributed by atoms with van der Waals surface area (Å²) in [7, 11) is 3.43. The first-order valence-corrected chi connectivity index (χ1v) is 6.50. The van der Waals surface area contributed by atoms with E-state index in [1.54, 1.807) is 14.1 Å². The van der Waals surface area contributed by atoms with Gasteiger partial charge in [-0.25, -0.2) is 4.79 Å². The summed E-state index contributed by atoms with van der Waals surface area (Å²) in [5, 5.41) is 9.84. The third-order valence-corrected chi connectivity index (χ3v) is 3.05. The Kier molecular flexibility index (Phi) is 6.04. The van der Waals surface area contributed by atoms with Crippen molar-refractivity contribution >= 4 is 23.4 Å².